The van der Waals surface area contributed by atoms with Gasteiger partial charge in [-0.25, -0.2) is 4.79 Å². The summed E-state index contributed by atoms with van der Waals surface area (Å²) in [5.41, 5.74) is -1.50. The Morgan fingerprint density at radius 1 is 0.640 bits per heavy atom. The average Bonchev–Trinajstić information content (AvgIpc) is 2.61. The summed E-state index contributed by atoms with van der Waals surface area (Å²) in [6, 6.07) is 0. The third-order valence-corrected chi connectivity index (χ3v) is 5.43. The summed E-state index contributed by atoms with van der Waals surface area (Å²) >= 11 is 0. The fourth-order valence-corrected chi connectivity index (χ4v) is 3.40. The van der Waals surface area contributed by atoms with Crippen LogP contribution in [0, 0.1) is 0 Å². The monoisotopic (exact) mass is 356 g/mol. The Labute approximate surface area is 156 Å². The van der Waals surface area contributed by atoms with Crippen LogP contribution in [0.1, 0.15) is 129 Å². The van der Waals surface area contributed by atoms with Crippen LogP contribution >= 0.6 is 0 Å². The molecular weight excluding hydrogens is 312 g/mol. The summed E-state index contributed by atoms with van der Waals surface area (Å²) in [6.07, 6.45) is 21.6. The van der Waals surface area contributed by atoms with E-state index in [-0.39, 0.29) is 0 Å². The van der Waals surface area contributed by atoms with Crippen LogP contribution in [0.25, 0.3) is 0 Å². The number of hydrogen-bond acceptors (Lipinski definition) is 2. The van der Waals surface area contributed by atoms with Gasteiger partial charge in [-0.2, -0.15) is 0 Å². The van der Waals surface area contributed by atoms with Crippen molar-refractivity contribution in [3.05, 3.63) is 0 Å². The number of hydrogen-bond donors (Lipinski definition) is 2. The van der Waals surface area contributed by atoms with E-state index in [9.17, 15) is 9.90 Å². The van der Waals surface area contributed by atoms with Gasteiger partial charge in [0, 0.05) is 0 Å². The zero-order valence-corrected chi connectivity index (χ0v) is 17.0. The van der Waals surface area contributed by atoms with E-state index in [4.69, 9.17) is 5.11 Å². The van der Waals surface area contributed by atoms with E-state index < -0.39 is 11.6 Å². The van der Waals surface area contributed by atoms with Crippen molar-refractivity contribution in [3.63, 3.8) is 0 Å². The summed E-state index contributed by atoms with van der Waals surface area (Å²) in [6.45, 7) is 4.01. The second-order valence-corrected chi connectivity index (χ2v) is 7.74. The van der Waals surface area contributed by atoms with E-state index in [1.54, 1.807) is 6.92 Å². The second-order valence-electron chi connectivity index (χ2n) is 7.74. The Hall–Kier alpha value is -0.570. The van der Waals surface area contributed by atoms with Crippen LogP contribution < -0.4 is 0 Å². The van der Waals surface area contributed by atoms with Crippen LogP contribution in [0.15, 0.2) is 0 Å². The van der Waals surface area contributed by atoms with Gasteiger partial charge in [-0.1, -0.05) is 110 Å². The minimum Gasteiger partial charge on any atom is -0.479 e. The first-order chi connectivity index (χ1) is 12.1. The number of aliphatic carboxylic acids is 1. The van der Waals surface area contributed by atoms with Crippen molar-refractivity contribution in [2.75, 3.05) is 0 Å². The second kappa shape index (κ2) is 16.9. The molecule has 0 rings (SSSR count). The number of carboxylic acid groups (broad SMARTS) is 1. The van der Waals surface area contributed by atoms with Gasteiger partial charge in [0.15, 0.2) is 5.60 Å². The molecule has 0 saturated carbocycles. The Morgan fingerprint density at radius 3 is 1.24 bits per heavy atom. The van der Waals surface area contributed by atoms with Gasteiger partial charge in [0.05, 0.1) is 0 Å². The molecule has 3 nitrogen and oxygen atoms in total. The van der Waals surface area contributed by atoms with Crippen molar-refractivity contribution in [3.8, 4) is 0 Å². The predicted molar refractivity (Wildman–Crippen MR) is 107 cm³/mol. The van der Waals surface area contributed by atoms with Crippen LogP contribution in [-0.4, -0.2) is 21.8 Å². The van der Waals surface area contributed by atoms with E-state index >= 15 is 0 Å². The van der Waals surface area contributed by atoms with Crippen LogP contribution in [-0.2, 0) is 4.79 Å². The van der Waals surface area contributed by atoms with Gasteiger partial charge in [0.25, 0.3) is 0 Å². The standard InChI is InChI=1S/C22H44O3/c1-3-5-6-7-8-9-10-11-12-13-14-15-16-17-18-19-20-22(25,4-2)21(23)24/h25H,3-20H2,1-2H3,(H,23,24). The lowest BCUT2D eigenvalue weighted by atomic mass is 9.93. The number of unbranched alkanes of at least 4 members (excludes halogenated alkanes) is 15. The molecule has 0 bridgehead atoms. The number of aliphatic hydroxyl groups is 1. The SMILES string of the molecule is CCCCCCCCCCCCCCCCCCC(O)(CC)C(=O)O. The third kappa shape index (κ3) is 14.3. The molecule has 3 heteroatoms. The van der Waals surface area contributed by atoms with E-state index in [0.717, 1.165) is 19.3 Å². The van der Waals surface area contributed by atoms with Crippen molar-refractivity contribution >= 4 is 5.97 Å². The van der Waals surface area contributed by atoms with E-state index in [1.165, 1.54) is 83.5 Å². The molecule has 25 heavy (non-hydrogen) atoms. The highest BCUT2D eigenvalue weighted by atomic mass is 16.4. The molecule has 0 aromatic carbocycles. The first-order valence-electron chi connectivity index (χ1n) is 11.0. The van der Waals surface area contributed by atoms with Crippen molar-refractivity contribution < 1.29 is 15.0 Å². The Morgan fingerprint density at radius 2 is 0.960 bits per heavy atom. The molecule has 0 radical (unpaired) electrons. The molecule has 0 heterocycles. The molecule has 150 valence electrons. The van der Waals surface area contributed by atoms with Crippen LogP contribution in [0.5, 0.6) is 0 Å². The Bertz CT molecular complexity index is 304. The van der Waals surface area contributed by atoms with Gasteiger partial charge in [-0.15, -0.1) is 0 Å². The Balaban J connectivity index is 3.23. The zero-order valence-electron chi connectivity index (χ0n) is 17.0. The fraction of sp³-hybridized carbons (Fsp3) is 0.955. The summed E-state index contributed by atoms with van der Waals surface area (Å²) < 4.78 is 0. The average molecular weight is 357 g/mol. The van der Waals surface area contributed by atoms with Gasteiger partial charge in [-0.05, 0) is 19.3 Å². The summed E-state index contributed by atoms with van der Waals surface area (Å²) in [4.78, 5) is 11.0. The molecule has 0 aromatic rings. The lowest BCUT2D eigenvalue weighted by molar-refractivity contribution is -0.159. The van der Waals surface area contributed by atoms with E-state index in [1.807, 2.05) is 0 Å². The number of carboxylic acids is 1. The maximum Gasteiger partial charge on any atom is 0.335 e. The van der Waals surface area contributed by atoms with Crippen LogP contribution in [0.3, 0.4) is 0 Å². The smallest absolute Gasteiger partial charge is 0.335 e. The molecule has 2 N–H and O–H groups in total. The highest BCUT2D eigenvalue weighted by molar-refractivity contribution is 5.76. The van der Waals surface area contributed by atoms with Gasteiger partial charge in [0.1, 0.15) is 0 Å². The molecule has 0 aliphatic rings. The summed E-state index contributed by atoms with van der Waals surface area (Å²) in [5, 5.41) is 18.9. The van der Waals surface area contributed by atoms with Crippen molar-refractivity contribution in [1.82, 2.24) is 0 Å². The summed E-state index contributed by atoms with van der Waals surface area (Å²) in [5.74, 6) is -1.07. The first-order valence-corrected chi connectivity index (χ1v) is 11.0. The number of rotatable bonds is 19. The molecule has 0 spiro atoms. The maximum atomic E-state index is 11.0. The molecule has 1 atom stereocenters. The van der Waals surface area contributed by atoms with Gasteiger partial charge >= 0.3 is 5.97 Å². The lowest BCUT2D eigenvalue weighted by Crippen LogP contribution is -2.37. The fourth-order valence-electron chi connectivity index (χ4n) is 3.40. The highest BCUT2D eigenvalue weighted by Crippen LogP contribution is 2.20. The summed E-state index contributed by atoms with van der Waals surface area (Å²) in [7, 11) is 0. The van der Waals surface area contributed by atoms with Crippen molar-refractivity contribution in [2.24, 2.45) is 0 Å². The first kappa shape index (κ1) is 24.4. The molecule has 0 saturated heterocycles. The van der Waals surface area contributed by atoms with Gasteiger partial charge in [-0.3, -0.25) is 0 Å². The molecule has 0 aromatic heterocycles. The topological polar surface area (TPSA) is 57.5 Å². The van der Waals surface area contributed by atoms with Gasteiger partial charge < -0.3 is 10.2 Å². The third-order valence-electron chi connectivity index (χ3n) is 5.43. The quantitative estimate of drug-likeness (QED) is 0.248. The zero-order chi connectivity index (χ0) is 18.8. The van der Waals surface area contributed by atoms with Crippen molar-refractivity contribution in [1.29, 1.82) is 0 Å². The molecule has 0 amide bonds. The molecule has 1 unspecified atom stereocenters. The van der Waals surface area contributed by atoms with Crippen molar-refractivity contribution in [2.45, 2.75) is 135 Å². The normalized spacial score (nSPS) is 13.7. The van der Waals surface area contributed by atoms with Gasteiger partial charge in [0.2, 0.25) is 0 Å². The predicted octanol–water partition coefficient (Wildman–Crippen LogP) is 6.86. The van der Waals surface area contributed by atoms with Crippen LogP contribution in [0.2, 0.25) is 0 Å². The molecular formula is C22H44O3. The molecule has 0 aliphatic heterocycles. The van der Waals surface area contributed by atoms with E-state index in [2.05, 4.69) is 6.92 Å². The Kier molecular flexibility index (Phi) is 16.5. The lowest BCUT2D eigenvalue weighted by Gasteiger charge is -2.21. The largest absolute Gasteiger partial charge is 0.479 e. The highest BCUT2D eigenvalue weighted by Gasteiger charge is 2.32. The minimum atomic E-state index is -1.50. The molecule has 0 fully saturated rings. The van der Waals surface area contributed by atoms with E-state index in [0.29, 0.717) is 12.8 Å². The number of carbonyl (C=O) groups is 1. The minimum absolute atomic E-state index is 0.293. The van der Waals surface area contributed by atoms with Crippen LogP contribution in [0.4, 0.5) is 0 Å². The maximum absolute atomic E-state index is 11.0. The molecule has 0 aliphatic carbocycles.